The number of esters is 1. The summed E-state index contributed by atoms with van der Waals surface area (Å²) >= 11 is 7.93. The lowest BCUT2D eigenvalue weighted by molar-refractivity contribution is -0.146. The van der Waals surface area contributed by atoms with Crippen LogP contribution in [0.3, 0.4) is 0 Å². The first kappa shape index (κ1) is 28.0. The Morgan fingerprint density at radius 3 is 2.71 bits per heavy atom. The third kappa shape index (κ3) is 4.99. The number of carboxylic acid groups (broad SMARTS) is 1. The average molecular weight is 605 g/mol. The summed E-state index contributed by atoms with van der Waals surface area (Å²) < 4.78 is 22.0. The van der Waals surface area contributed by atoms with Gasteiger partial charge in [0.25, 0.3) is 0 Å². The van der Waals surface area contributed by atoms with Crippen molar-refractivity contribution in [2.24, 2.45) is 5.92 Å². The lowest BCUT2D eigenvalue weighted by Crippen LogP contribution is -2.54. The highest BCUT2D eigenvalue weighted by molar-refractivity contribution is 8.00. The van der Waals surface area contributed by atoms with E-state index >= 15 is 0 Å². The molecule has 2 atom stereocenters. The minimum absolute atomic E-state index is 0.00585. The molecule has 2 unspecified atom stereocenters. The van der Waals surface area contributed by atoms with Crippen molar-refractivity contribution in [3.05, 3.63) is 50.0 Å². The third-order valence-electron chi connectivity index (χ3n) is 8.09. The van der Waals surface area contributed by atoms with Gasteiger partial charge in [-0.3, -0.25) is 14.5 Å². The molecule has 0 bridgehead atoms. The van der Waals surface area contributed by atoms with Gasteiger partial charge in [-0.2, -0.15) is 0 Å². The fraction of sp³-hybridized carbons (Fsp3) is 0.500. The van der Waals surface area contributed by atoms with Crippen molar-refractivity contribution in [2.45, 2.75) is 44.0 Å². The molecule has 13 heteroatoms. The van der Waals surface area contributed by atoms with Crippen LogP contribution in [0.4, 0.5) is 10.2 Å². The first-order chi connectivity index (χ1) is 19.7. The number of anilines is 1. The van der Waals surface area contributed by atoms with E-state index in [0.29, 0.717) is 30.3 Å². The number of fused-ring (bicyclic) bond motifs is 2. The fourth-order valence-electron chi connectivity index (χ4n) is 5.98. The van der Waals surface area contributed by atoms with Gasteiger partial charge in [0.15, 0.2) is 0 Å². The third-order valence-corrected chi connectivity index (χ3v) is 9.65. The Bertz CT molecular complexity index is 1560. The van der Waals surface area contributed by atoms with E-state index in [1.807, 2.05) is 16.4 Å². The van der Waals surface area contributed by atoms with Crippen molar-refractivity contribution in [2.75, 3.05) is 43.4 Å². The number of nitrogens with zero attached hydrogens (tertiary/aromatic N) is 3. The van der Waals surface area contributed by atoms with Crippen LogP contribution in [0.2, 0.25) is 5.02 Å². The van der Waals surface area contributed by atoms with Gasteiger partial charge in [-0.1, -0.05) is 18.5 Å². The van der Waals surface area contributed by atoms with E-state index in [-0.39, 0.29) is 56.7 Å². The average Bonchev–Trinajstić information content (AvgIpc) is 3.66. The number of carbonyl (C=O) groups excluding carboxylic acids is 2. The summed E-state index contributed by atoms with van der Waals surface area (Å²) in [5.41, 5.74) is -0.396. The second kappa shape index (κ2) is 11.0. The minimum atomic E-state index is -1.27. The van der Waals surface area contributed by atoms with E-state index in [0.717, 1.165) is 38.4 Å². The van der Waals surface area contributed by atoms with Crippen LogP contribution in [0.1, 0.15) is 49.0 Å². The first-order valence-corrected chi connectivity index (χ1v) is 15.2. The molecule has 218 valence electrons. The number of hydrogen-bond acceptors (Lipinski definition) is 8. The molecule has 3 aliphatic heterocycles. The van der Waals surface area contributed by atoms with Gasteiger partial charge in [-0.15, -0.1) is 11.8 Å². The Morgan fingerprint density at radius 1 is 1.24 bits per heavy atom. The van der Waals surface area contributed by atoms with Gasteiger partial charge in [-0.05, 0) is 50.4 Å². The predicted octanol–water partition coefficient (Wildman–Crippen LogP) is 3.37. The van der Waals surface area contributed by atoms with Crippen molar-refractivity contribution < 1.29 is 28.6 Å². The number of carbonyl (C=O) groups is 3. The summed E-state index contributed by atoms with van der Waals surface area (Å²) in [5.74, 6) is -2.20. The maximum Gasteiger partial charge on any atom is 0.352 e. The molecule has 4 aliphatic rings. The highest BCUT2D eigenvalue weighted by Crippen LogP contribution is 2.44. The van der Waals surface area contributed by atoms with Crippen LogP contribution in [0.5, 0.6) is 0 Å². The first-order valence-electron chi connectivity index (χ1n) is 13.8. The molecule has 4 heterocycles. The van der Waals surface area contributed by atoms with Crippen molar-refractivity contribution in [1.82, 2.24) is 14.8 Å². The van der Waals surface area contributed by atoms with Crippen LogP contribution in [-0.2, 0) is 14.3 Å². The van der Waals surface area contributed by atoms with Crippen molar-refractivity contribution in [3.63, 3.8) is 0 Å². The van der Waals surface area contributed by atoms with E-state index in [9.17, 15) is 28.7 Å². The number of carboxylic acids is 1. The molecule has 2 aromatic rings. The van der Waals surface area contributed by atoms with Crippen LogP contribution in [0.25, 0.3) is 10.9 Å². The maximum absolute atomic E-state index is 14.5. The molecule has 2 saturated heterocycles. The molecule has 2 N–H and O–H groups in total. The van der Waals surface area contributed by atoms with Crippen LogP contribution < -0.4 is 15.6 Å². The highest BCUT2D eigenvalue weighted by Gasteiger charge is 2.45. The van der Waals surface area contributed by atoms with E-state index < -0.39 is 29.8 Å². The second-order valence-electron chi connectivity index (χ2n) is 10.9. The molecule has 3 fully saturated rings. The van der Waals surface area contributed by atoms with E-state index in [4.69, 9.17) is 16.3 Å². The standard InChI is InChI=1S/C28H30ClFN4O6S/c1-2-31-10-14-5-6-32(11-14)26-22(25(36)18-7-16(30)8-19(29)24(18)33(26)17-3-4-17)28(39)40-12-15-13-41-21-9-20(35)34(21)23(15)27(37)38/h7-8,14,17,21,31H,2-6,9-13H2,1H3,(H,37,38). The largest absolute Gasteiger partial charge is 0.477 e. The number of ether oxygens (including phenoxy) is 1. The highest BCUT2D eigenvalue weighted by atomic mass is 35.5. The van der Waals surface area contributed by atoms with Gasteiger partial charge >= 0.3 is 11.9 Å². The van der Waals surface area contributed by atoms with Crippen molar-refractivity contribution in [1.29, 1.82) is 0 Å². The molecular formula is C28H30ClFN4O6S. The van der Waals surface area contributed by atoms with Crippen LogP contribution in [-0.4, -0.2) is 76.3 Å². The van der Waals surface area contributed by atoms with Gasteiger partial charge in [-0.25, -0.2) is 14.0 Å². The molecule has 1 amide bonds. The van der Waals surface area contributed by atoms with Gasteiger partial charge in [0.1, 0.15) is 29.5 Å². The van der Waals surface area contributed by atoms with Gasteiger partial charge in [0.2, 0.25) is 11.3 Å². The van der Waals surface area contributed by atoms with E-state index in [1.165, 1.54) is 22.7 Å². The minimum Gasteiger partial charge on any atom is -0.477 e. The molecule has 10 nitrogen and oxygen atoms in total. The Kier molecular flexibility index (Phi) is 7.50. The monoisotopic (exact) mass is 604 g/mol. The number of thioether (sulfide) groups is 1. The summed E-state index contributed by atoms with van der Waals surface area (Å²) in [6.45, 7) is 4.47. The molecule has 1 aromatic carbocycles. The number of β-lactam (4-membered cyclic amide) rings is 1. The number of nitrogens with one attached hydrogen (secondary N) is 1. The van der Waals surface area contributed by atoms with Crippen molar-refractivity contribution >= 4 is 57.9 Å². The normalized spacial score (nSPS) is 22.3. The van der Waals surface area contributed by atoms with Crippen LogP contribution in [0, 0.1) is 11.7 Å². The summed E-state index contributed by atoms with van der Waals surface area (Å²) in [4.78, 5) is 55.1. The molecule has 1 saturated carbocycles. The van der Waals surface area contributed by atoms with E-state index in [1.54, 1.807) is 0 Å². The summed E-state index contributed by atoms with van der Waals surface area (Å²) in [6, 6.07) is 2.26. The second-order valence-corrected chi connectivity index (χ2v) is 12.5. The summed E-state index contributed by atoms with van der Waals surface area (Å²) in [7, 11) is 0. The molecule has 1 aromatic heterocycles. The zero-order valence-electron chi connectivity index (χ0n) is 22.5. The molecule has 6 rings (SSSR count). The van der Waals surface area contributed by atoms with Gasteiger partial charge in [0.05, 0.1) is 27.7 Å². The fourth-order valence-corrected chi connectivity index (χ4v) is 7.53. The number of aromatic nitrogens is 1. The number of rotatable bonds is 9. The molecule has 1 aliphatic carbocycles. The van der Waals surface area contributed by atoms with Gasteiger partial charge in [0, 0.05) is 30.5 Å². The predicted molar refractivity (Wildman–Crippen MR) is 153 cm³/mol. The topological polar surface area (TPSA) is 121 Å². The summed E-state index contributed by atoms with van der Waals surface area (Å²) in [5, 5.41) is 13.0. The van der Waals surface area contributed by atoms with E-state index in [2.05, 4.69) is 5.32 Å². The molecule has 41 heavy (non-hydrogen) atoms. The molecule has 0 spiro atoms. The number of aliphatic carboxylic acids is 1. The quantitative estimate of drug-likeness (QED) is 0.328. The Morgan fingerprint density at radius 2 is 2.02 bits per heavy atom. The maximum atomic E-state index is 14.5. The number of halogens is 2. The zero-order valence-corrected chi connectivity index (χ0v) is 24.0. The Balaban J connectivity index is 1.43. The Labute approximate surface area is 244 Å². The zero-order chi connectivity index (χ0) is 29.0. The lowest BCUT2D eigenvalue weighted by atomic mass is 10.1. The smallest absolute Gasteiger partial charge is 0.352 e. The number of amides is 1. The SMILES string of the molecule is CCNCC1CCN(c2c(C(=O)OCC3=C(C(=O)O)N4C(=O)CC4SC3)c(=O)c3cc(F)cc(Cl)c3n2C2CC2)C1. The number of hydrogen-bond donors (Lipinski definition) is 2. The Hall–Kier alpha value is -3.09. The number of pyridine rings is 1. The summed E-state index contributed by atoms with van der Waals surface area (Å²) in [6.07, 6.45) is 2.75. The molecule has 0 radical (unpaired) electrons. The van der Waals surface area contributed by atoms with Crippen molar-refractivity contribution in [3.8, 4) is 0 Å². The lowest BCUT2D eigenvalue weighted by Gasteiger charge is -2.43. The van der Waals surface area contributed by atoms with Crippen LogP contribution in [0.15, 0.2) is 28.2 Å². The van der Waals surface area contributed by atoms with Crippen LogP contribution >= 0.6 is 23.4 Å². The number of benzene rings is 1. The molecular weight excluding hydrogens is 575 g/mol. The van der Waals surface area contributed by atoms with Gasteiger partial charge < -0.3 is 24.6 Å².